The Kier molecular flexibility index (Phi) is 3.37. The molecule has 1 N–H and O–H groups in total. The van der Waals surface area contributed by atoms with Gasteiger partial charge in [0, 0.05) is 31.3 Å². The number of carbonyl (C=O) groups excluding carboxylic acids is 1. The number of aryl methyl sites for hydroxylation is 1. The summed E-state index contributed by atoms with van der Waals surface area (Å²) in [4.78, 5) is 17.9. The Labute approximate surface area is 116 Å². The van der Waals surface area contributed by atoms with Crippen LogP contribution in [-0.2, 0) is 0 Å². The predicted octanol–water partition coefficient (Wildman–Crippen LogP) is 2.67. The van der Waals surface area contributed by atoms with Gasteiger partial charge in [-0.3, -0.25) is 0 Å². The van der Waals surface area contributed by atoms with Crippen LogP contribution in [0.25, 0.3) is 11.4 Å². The highest BCUT2D eigenvalue weighted by Crippen LogP contribution is 2.19. The minimum Gasteiger partial charge on any atom is -0.339 e. The molecule has 0 radical (unpaired) electrons. The van der Waals surface area contributed by atoms with Crippen molar-refractivity contribution in [3.8, 4) is 11.4 Å². The quantitative estimate of drug-likeness (QED) is 0.912. The Morgan fingerprint density at radius 3 is 2.55 bits per heavy atom. The maximum atomic E-state index is 11.9. The number of carbonyl (C=O) groups is 1. The fourth-order valence-electron chi connectivity index (χ4n) is 2.24. The molecule has 0 aliphatic carbocycles. The second-order valence-corrected chi connectivity index (χ2v) is 4.84. The summed E-state index contributed by atoms with van der Waals surface area (Å²) in [6.45, 7) is 3.43. The summed E-state index contributed by atoms with van der Waals surface area (Å²) < 4.78 is 4.94. The highest BCUT2D eigenvalue weighted by atomic mass is 16.5. The molecule has 3 rings (SSSR count). The molecule has 6 heteroatoms. The maximum absolute atomic E-state index is 11.9. The Morgan fingerprint density at radius 1 is 1.25 bits per heavy atom. The number of hydrogen-bond donors (Lipinski definition) is 1. The van der Waals surface area contributed by atoms with Crippen molar-refractivity contribution in [2.45, 2.75) is 19.8 Å². The average molecular weight is 272 g/mol. The lowest BCUT2D eigenvalue weighted by molar-refractivity contribution is 0.222. The molecule has 0 atom stereocenters. The molecule has 6 nitrogen and oxygen atoms in total. The first-order valence-electron chi connectivity index (χ1n) is 6.69. The number of nitrogens with one attached hydrogen (secondary N) is 1. The predicted molar refractivity (Wildman–Crippen MR) is 74.3 cm³/mol. The summed E-state index contributed by atoms with van der Waals surface area (Å²) in [5.74, 6) is 1.09. The molecule has 2 amide bonds. The first-order valence-corrected chi connectivity index (χ1v) is 6.69. The van der Waals surface area contributed by atoms with Gasteiger partial charge in [0.1, 0.15) is 0 Å². The van der Waals surface area contributed by atoms with Gasteiger partial charge in [-0.1, -0.05) is 5.16 Å². The molecule has 0 bridgehead atoms. The molecule has 0 spiro atoms. The van der Waals surface area contributed by atoms with Crippen LogP contribution in [0, 0.1) is 6.92 Å². The van der Waals surface area contributed by atoms with Crippen molar-refractivity contribution in [3.05, 3.63) is 30.2 Å². The van der Waals surface area contributed by atoms with E-state index in [1.165, 1.54) is 0 Å². The number of rotatable bonds is 2. The number of benzene rings is 1. The third-order valence-corrected chi connectivity index (χ3v) is 3.32. The molecule has 1 aliphatic rings. The van der Waals surface area contributed by atoms with Gasteiger partial charge in [0.25, 0.3) is 0 Å². The zero-order valence-corrected chi connectivity index (χ0v) is 11.3. The SMILES string of the molecule is Cc1nc(-c2ccc(NC(=O)N3CCCC3)cc2)no1. The van der Waals surface area contributed by atoms with Crippen LogP contribution >= 0.6 is 0 Å². The van der Waals surface area contributed by atoms with Crippen LogP contribution in [0.4, 0.5) is 10.5 Å². The van der Waals surface area contributed by atoms with Crippen LogP contribution in [-0.4, -0.2) is 34.2 Å². The van der Waals surface area contributed by atoms with Gasteiger partial charge in [-0.15, -0.1) is 0 Å². The third kappa shape index (κ3) is 2.64. The monoisotopic (exact) mass is 272 g/mol. The van der Waals surface area contributed by atoms with Gasteiger partial charge in [0.15, 0.2) is 0 Å². The molecule has 1 fully saturated rings. The molecule has 0 saturated carbocycles. The summed E-state index contributed by atoms with van der Waals surface area (Å²) in [5, 5.41) is 6.75. The van der Waals surface area contributed by atoms with Crippen LogP contribution < -0.4 is 5.32 Å². The van der Waals surface area contributed by atoms with Gasteiger partial charge in [-0.25, -0.2) is 4.79 Å². The van der Waals surface area contributed by atoms with E-state index in [4.69, 9.17) is 4.52 Å². The average Bonchev–Trinajstić information content (AvgIpc) is 3.10. The summed E-state index contributed by atoms with van der Waals surface area (Å²) in [5.41, 5.74) is 1.63. The van der Waals surface area contributed by atoms with Crippen LogP contribution in [0.2, 0.25) is 0 Å². The van der Waals surface area contributed by atoms with Gasteiger partial charge in [0.05, 0.1) is 0 Å². The number of aromatic nitrogens is 2. The zero-order valence-electron chi connectivity index (χ0n) is 11.3. The van der Waals surface area contributed by atoms with E-state index in [-0.39, 0.29) is 6.03 Å². The largest absolute Gasteiger partial charge is 0.339 e. The molecule has 1 aliphatic heterocycles. The first kappa shape index (κ1) is 12.7. The van der Waals surface area contributed by atoms with Gasteiger partial charge >= 0.3 is 6.03 Å². The summed E-state index contributed by atoms with van der Waals surface area (Å²) in [7, 11) is 0. The molecule has 1 saturated heterocycles. The topological polar surface area (TPSA) is 71.3 Å². The van der Waals surface area contributed by atoms with Crippen molar-refractivity contribution in [2.24, 2.45) is 0 Å². The number of nitrogens with zero attached hydrogens (tertiary/aromatic N) is 3. The molecule has 2 aromatic rings. The van der Waals surface area contributed by atoms with Crippen LogP contribution in [0.1, 0.15) is 18.7 Å². The number of hydrogen-bond acceptors (Lipinski definition) is 4. The Morgan fingerprint density at radius 2 is 1.95 bits per heavy atom. The standard InChI is InChI=1S/C14H16N4O2/c1-10-15-13(17-20-10)11-4-6-12(7-5-11)16-14(19)18-8-2-3-9-18/h4-7H,2-3,8-9H2,1H3,(H,16,19). The number of amides is 2. The zero-order chi connectivity index (χ0) is 13.9. The van der Waals surface area contributed by atoms with E-state index in [1.807, 2.05) is 29.2 Å². The van der Waals surface area contributed by atoms with Crippen molar-refractivity contribution in [2.75, 3.05) is 18.4 Å². The molecule has 1 aromatic carbocycles. The lowest BCUT2D eigenvalue weighted by Crippen LogP contribution is -2.32. The van der Waals surface area contributed by atoms with Crippen molar-refractivity contribution in [1.29, 1.82) is 0 Å². The van der Waals surface area contributed by atoms with Crippen molar-refractivity contribution in [1.82, 2.24) is 15.0 Å². The Hall–Kier alpha value is -2.37. The number of likely N-dealkylation sites (tertiary alicyclic amines) is 1. The lowest BCUT2D eigenvalue weighted by atomic mass is 10.2. The molecule has 104 valence electrons. The van der Waals surface area contributed by atoms with E-state index in [0.717, 1.165) is 37.2 Å². The smallest absolute Gasteiger partial charge is 0.321 e. The van der Waals surface area contributed by atoms with E-state index in [0.29, 0.717) is 11.7 Å². The normalized spacial score (nSPS) is 14.6. The Bertz CT molecular complexity index is 600. The molecular weight excluding hydrogens is 256 g/mol. The summed E-state index contributed by atoms with van der Waals surface area (Å²) in [6.07, 6.45) is 2.17. The minimum absolute atomic E-state index is 0.0364. The number of urea groups is 1. The number of anilines is 1. The van der Waals surface area contributed by atoms with E-state index in [2.05, 4.69) is 15.5 Å². The summed E-state index contributed by atoms with van der Waals surface area (Å²) >= 11 is 0. The second kappa shape index (κ2) is 5.32. The first-order chi connectivity index (χ1) is 9.72. The van der Waals surface area contributed by atoms with E-state index in [1.54, 1.807) is 6.92 Å². The molecule has 0 unspecified atom stereocenters. The van der Waals surface area contributed by atoms with Crippen LogP contribution in [0.5, 0.6) is 0 Å². The third-order valence-electron chi connectivity index (χ3n) is 3.32. The highest BCUT2D eigenvalue weighted by molar-refractivity contribution is 5.89. The molecule has 20 heavy (non-hydrogen) atoms. The molecule has 1 aromatic heterocycles. The minimum atomic E-state index is -0.0364. The fourth-order valence-corrected chi connectivity index (χ4v) is 2.24. The summed E-state index contributed by atoms with van der Waals surface area (Å²) in [6, 6.07) is 7.38. The molecule has 2 heterocycles. The van der Waals surface area contributed by atoms with Gasteiger partial charge < -0.3 is 14.7 Å². The van der Waals surface area contributed by atoms with Gasteiger partial charge in [-0.05, 0) is 37.1 Å². The van der Waals surface area contributed by atoms with Gasteiger partial charge in [-0.2, -0.15) is 4.98 Å². The van der Waals surface area contributed by atoms with Crippen molar-refractivity contribution < 1.29 is 9.32 Å². The fraction of sp³-hybridized carbons (Fsp3) is 0.357. The van der Waals surface area contributed by atoms with Crippen LogP contribution in [0.15, 0.2) is 28.8 Å². The maximum Gasteiger partial charge on any atom is 0.321 e. The van der Waals surface area contributed by atoms with Crippen molar-refractivity contribution in [3.63, 3.8) is 0 Å². The Balaban J connectivity index is 1.68. The van der Waals surface area contributed by atoms with Crippen LogP contribution in [0.3, 0.4) is 0 Å². The van der Waals surface area contributed by atoms with Crippen molar-refractivity contribution >= 4 is 11.7 Å². The lowest BCUT2D eigenvalue weighted by Gasteiger charge is -2.16. The van der Waals surface area contributed by atoms with Gasteiger partial charge in [0.2, 0.25) is 11.7 Å². The van der Waals surface area contributed by atoms with E-state index < -0.39 is 0 Å². The molecular formula is C14H16N4O2. The second-order valence-electron chi connectivity index (χ2n) is 4.84. The van der Waals surface area contributed by atoms with E-state index in [9.17, 15) is 4.79 Å². The van der Waals surface area contributed by atoms with E-state index >= 15 is 0 Å². The highest BCUT2D eigenvalue weighted by Gasteiger charge is 2.17.